The predicted molar refractivity (Wildman–Crippen MR) is 116 cm³/mol. The van der Waals surface area contributed by atoms with Crippen molar-refractivity contribution in [2.45, 2.75) is 37.8 Å². The number of pyridine rings is 1. The van der Waals surface area contributed by atoms with Gasteiger partial charge in [0.25, 0.3) is 5.56 Å². The normalized spacial score (nSPS) is 18.6. The summed E-state index contributed by atoms with van der Waals surface area (Å²) in [5, 5.41) is 12.3. The fraction of sp³-hybridized carbons (Fsp3) is 0.273. The zero-order valence-corrected chi connectivity index (χ0v) is 16.9. The van der Waals surface area contributed by atoms with E-state index in [9.17, 15) is 4.79 Å². The molecule has 0 aliphatic heterocycles. The molecule has 9 heteroatoms. The molecule has 0 unspecified atom stereocenters. The molecule has 0 spiro atoms. The Morgan fingerprint density at radius 2 is 1.84 bits per heavy atom. The molecule has 156 valence electrons. The molecule has 4 aromatic rings. The summed E-state index contributed by atoms with van der Waals surface area (Å²) in [6.07, 6.45) is 14.0. The van der Waals surface area contributed by atoms with E-state index in [-0.39, 0.29) is 17.6 Å². The van der Waals surface area contributed by atoms with Crippen LogP contribution in [-0.4, -0.2) is 40.6 Å². The largest absolute Gasteiger partial charge is 0.366 e. The van der Waals surface area contributed by atoms with Crippen molar-refractivity contribution in [1.82, 2.24) is 34.5 Å². The topological polar surface area (TPSA) is 103 Å². The fourth-order valence-electron chi connectivity index (χ4n) is 3.97. The molecule has 1 aliphatic rings. The van der Waals surface area contributed by atoms with Gasteiger partial charge in [0.15, 0.2) is 5.82 Å². The zero-order chi connectivity index (χ0) is 21.0. The van der Waals surface area contributed by atoms with Crippen molar-refractivity contribution >= 4 is 5.82 Å². The molecule has 31 heavy (non-hydrogen) atoms. The summed E-state index contributed by atoms with van der Waals surface area (Å²) in [4.78, 5) is 25.5. The lowest BCUT2D eigenvalue weighted by Crippen LogP contribution is -2.33. The first kappa shape index (κ1) is 19.1. The van der Waals surface area contributed by atoms with E-state index in [0.717, 1.165) is 42.8 Å². The van der Waals surface area contributed by atoms with Gasteiger partial charge < -0.3 is 5.32 Å². The molecule has 1 N–H and O–H groups in total. The van der Waals surface area contributed by atoms with Gasteiger partial charge in [-0.2, -0.15) is 10.2 Å². The van der Waals surface area contributed by atoms with Gasteiger partial charge in [-0.05, 0) is 49.9 Å². The van der Waals surface area contributed by atoms with Crippen molar-refractivity contribution in [2.75, 3.05) is 5.32 Å². The minimum absolute atomic E-state index is 0.0677. The summed E-state index contributed by atoms with van der Waals surface area (Å²) in [6, 6.07) is 9.38. The maximum atomic E-state index is 12.5. The van der Waals surface area contributed by atoms with Gasteiger partial charge in [0, 0.05) is 42.5 Å². The van der Waals surface area contributed by atoms with E-state index < -0.39 is 0 Å². The van der Waals surface area contributed by atoms with Crippen molar-refractivity contribution in [3.05, 3.63) is 77.9 Å². The molecule has 0 radical (unpaired) electrons. The summed E-state index contributed by atoms with van der Waals surface area (Å²) < 4.78 is 3.32. The number of nitrogens with one attached hydrogen (secondary N) is 1. The van der Waals surface area contributed by atoms with E-state index in [1.165, 1.54) is 0 Å². The average molecular weight is 414 g/mol. The molecule has 0 saturated heterocycles. The van der Waals surface area contributed by atoms with Crippen molar-refractivity contribution in [2.24, 2.45) is 0 Å². The molecule has 0 aromatic carbocycles. The van der Waals surface area contributed by atoms with Gasteiger partial charge >= 0.3 is 0 Å². The van der Waals surface area contributed by atoms with Gasteiger partial charge in [-0.25, -0.2) is 14.3 Å². The van der Waals surface area contributed by atoms with E-state index in [1.54, 1.807) is 52.5 Å². The summed E-state index contributed by atoms with van der Waals surface area (Å²) >= 11 is 0. The van der Waals surface area contributed by atoms with Gasteiger partial charge in [0.2, 0.25) is 0 Å². The molecule has 0 bridgehead atoms. The number of nitrogens with zero attached hydrogens (tertiary/aromatic N) is 7. The van der Waals surface area contributed by atoms with Crippen molar-refractivity contribution in [3.8, 4) is 17.1 Å². The van der Waals surface area contributed by atoms with Crippen LogP contribution >= 0.6 is 0 Å². The van der Waals surface area contributed by atoms with Gasteiger partial charge in [0.05, 0.1) is 24.1 Å². The number of anilines is 1. The van der Waals surface area contributed by atoms with Crippen LogP contribution in [0.5, 0.6) is 0 Å². The molecule has 9 nitrogen and oxygen atoms in total. The maximum Gasteiger partial charge on any atom is 0.267 e. The van der Waals surface area contributed by atoms with Gasteiger partial charge in [-0.15, -0.1) is 0 Å². The molecule has 1 saturated carbocycles. The smallest absolute Gasteiger partial charge is 0.267 e. The molecule has 4 aromatic heterocycles. The van der Waals surface area contributed by atoms with Gasteiger partial charge in [-0.3, -0.25) is 14.8 Å². The minimum atomic E-state index is -0.0677. The van der Waals surface area contributed by atoms with Crippen LogP contribution in [0.25, 0.3) is 17.1 Å². The Morgan fingerprint density at radius 1 is 0.935 bits per heavy atom. The molecule has 1 aliphatic carbocycles. The molecular weight excluding hydrogens is 392 g/mol. The van der Waals surface area contributed by atoms with Gasteiger partial charge in [-0.1, -0.05) is 0 Å². The molecular formula is C22H22N8O. The SMILES string of the molecule is O=c1ccc(-c2cccnc2)nn1C1CCC(Nc2cncc(-n3cccn3)n2)CC1. The second kappa shape index (κ2) is 8.47. The zero-order valence-electron chi connectivity index (χ0n) is 16.9. The molecule has 5 rings (SSSR count). The van der Waals surface area contributed by atoms with Crippen LogP contribution in [0, 0.1) is 0 Å². The Labute approximate surface area is 178 Å². The number of aromatic nitrogens is 7. The molecule has 1 fully saturated rings. The number of hydrogen-bond donors (Lipinski definition) is 1. The highest BCUT2D eigenvalue weighted by atomic mass is 16.1. The summed E-state index contributed by atoms with van der Waals surface area (Å²) in [5.41, 5.74) is 1.60. The van der Waals surface area contributed by atoms with Crippen LogP contribution in [0.4, 0.5) is 5.82 Å². The van der Waals surface area contributed by atoms with E-state index in [1.807, 2.05) is 24.4 Å². The third-order valence-corrected chi connectivity index (χ3v) is 5.54. The average Bonchev–Trinajstić information content (AvgIpc) is 3.36. The molecule has 0 atom stereocenters. The van der Waals surface area contributed by atoms with Crippen LogP contribution in [0.15, 0.2) is 72.3 Å². The monoisotopic (exact) mass is 414 g/mol. The number of rotatable bonds is 5. The lowest BCUT2D eigenvalue weighted by molar-refractivity contribution is 0.304. The van der Waals surface area contributed by atoms with Crippen molar-refractivity contribution in [1.29, 1.82) is 0 Å². The van der Waals surface area contributed by atoms with Crippen LogP contribution in [-0.2, 0) is 0 Å². The van der Waals surface area contributed by atoms with Gasteiger partial charge in [0.1, 0.15) is 5.82 Å². The second-order valence-electron chi connectivity index (χ2n) is 7.61. The fourth-order valence-corrected chi connectivity index (χ4v) is 3.97. The van der Waals surface area contributed by atoms with Crippen LogP contribution in [0.2, 0.25) is 0 Å². The first-order valence-corrected chi connectivity index (χ1v) is 10.3. The summed E-state index contributed by atoms with van der Waals surface area (Å²) in [6.45, 7) is 0. The highest BCUT2D eigenvalue weighted by Crippen LogP contribution is 2.29. The van der Waals surface area contributed by atoms with Crippen molar-refractivity contribution in [3.63, 3.8) is 0 Å². The maximum absolute atomic E-state index is 12.5. The van der Waals surface area contributed by atoms with Crippen LogP contribution in [0.3, 0.4) is 0 Å². The van der Waals surface area contributed by atoms with Crippen LogP contribution < -0.4 is 10.9 Å². The minimum Gasteiger partial charge on any atom is -0.366 e. The quantitative estimate of drug-likeness (QED) is 0.535. The Balaban J connectivity index is 1.26. The lowest BCUT2D eigenvalue weighted by Gasteiger charge is -2.30. The lowest BCUT2D eigenvalue weighted by atomic mass is 9.91. The van der Waals surface area contributed by atoms with E-state index in [4.69, 9.17) is 0 Å². The van der Waals surface area contributed by atoms with E-state index in [0.29, 0.717) is 5.82 Å². The summed E-state index contributed by atoms with van der Waals surface area (Å²) in [5.74, 6) is 1.40. The highest BCUT2D eigenvalue weighted by molar-refractivity contribution is 5.56. The molecule has 4 heterocycles. The highest BCUT2D eigenvalue weighted by Gasteiger charge is 2.24. The van der Waals surface area contributed by atoms with Crippen LogP contribution in [0.1, 0.15) is 31.7 Å². The number of hydrogen-bond acceptors (Lipinski definition) is 7. The molecule has 0 amide bonds. The first-order chi connectivity index (χ1) is 15.3. The standard InChI is InChI=1S/C22H22N8O/c31-22-9-8-19(16-3-1-10-23-13-16)28-30(22)18-6-4-17(5-7-18)26-20-14-24-15-21(27-20)29-12-2-11-25-29/h1-3,8-15,17-18H,4-7H2,(H,26,27). The summed E-state index contributed by atoms with van der Waals surface area (Å²) in [7, 11) is 0. The third kappa shape index (κ3) is 4.20. The Morgan fingerprint density at radius 3 is 2.61 bits per heavy atom. The second-order valence-corrected chi connectivity index (χ2v) is 7.61. The predicted octanol–water partition coefficient (Wildman–Crippen LogP) is 2.88. The Kier molecular flexibility index (Phi) is 5.22. The third-order valence-electron chi connectivity index (χ3n) is 5.54. The van der Waals surface area contributed by atoms with E-state index in [2.05, 4.69) is 30.5 Å². The Bertz CT molecular complexity index is 1200. The first-order valence-electron chi connectivity index (χ1n) is 10.3. The van der Waals surface area contributed by atoms with E-state index >= 15 is 0 Å². The van der Waals surface area contributed by atoms with Crippen molar-refractivity contribution < 1.29 is 0 Å². The Hall–Kier alpha value is -3.88.